The van der Waals surface area contributed by atoms with Crippen molar-refractivity contribution < 1.29 is 22.7 Å². The number of sulfonamides is 1. The third-order valence-electron chi connectivity index (χ3n) is 4.82. The molecule has 4 rings (SSSR count). The average Bonchev–Trinajstić information content (AvgIpc) is 2.77. The minimum Gasteiger partial charge on any atom is -0.486 e. The van der Waals surface area contributed by atoms with Crippen LogP contribution in [0.15, 0.2) is 76.1 Å². The highest BCUT2D eigenvalue weighted by Gasteiger charge is 2.27. The van der Waals surface area contributed by atoms with Crippen LogP contribution in [0.5, 0.6) is 11.5 Å². The van der Waals surface area contributed by atoms with E-state index in [2.05, 4.69) is 21.2 Å². The molecule has 0 saturated carbocycles. The van der Waals surface area contributed by atoms with Crippen LogP contribution in [-0.4, -0.2) is 34.1 Å². The summed E-state index contributed by atoms with van der Waals surface area (Å²) in [6, 6.07) is 18.4. The van der Waals surface area contributed by atoms with Gasteiger partial charge in [-0.05, 0) is 49.4 Å². The monoisotopic (exact) mass is 516 g/mol. The third kappa shape index (κ3) is 4.89. The van der Waals surface area contributed by atoms with Gasteiger partial charge in [-0.15, -0.1) is 0 Å². The Morgan fingerprint density at radius 3 is 2.44 bits per heavy atom. The van der Waals surface area contributed by atoms with Gasteiger partial charge in [-0.1, -0.05) is 39.7 Å². The van der Waals surface area contributed by atoms with Gasteiger partial charge in [-0.2, -0.15) is 0 Å². The van der Waals surface area contributed by atoms with Gasteiger partial charge < -0.3 is 14.8 Å². The van der Waals surface area contributed by atoms with E-state index in [1.807, 2.05) is 6.92 Å². The Balaban J connectivity index is 1.62. The number of halogens is 1. The minimum atomic E-state index is -3.98. The Morgan fingerprint density at radius 2 is 1.72 bits per heavy atom. The van der Waals surface area contributed by atoms with Gasteiger partial charge in [0.15, 0.2) is 11.5 Å². The molecule has 0 unspecified atom stereocenters. The number of nitrogens with one attached hydrogen (secondary N) is 1. The van der Waals surface area contributed by atoms with Gasteiger partial charge >= 0.3 is 0 Å². The lowest BCUT2D eigenvalue weighted by molar-refractivity contribution is -0.114. The van der Waals surface area contributed by atoms with Crippen molar-refractivity contribution in [3.8, 4) is 11.5 Å². The number of hydrogen-bond donors (Lipinski definition) is 1. The fourth-order valence-corrected chi connectivity index (χ4v) is 5.04. The van der Waals surface area contributed by atoms with Gasteiger partial charge in [0.1, 0.15) is 19.8 Å². The first-order valence-electron chi connectivity index (χ1n) is 9.87. The highest BCUT2D eigenvalue weighted by atomic mass is 79.9. The summed E-state index contributed by atoms with van der Waals surface area (Å²) < 4.78 is 39.7. The van der Waals surface area contributed by atoms with Crippen LogP contribution in [0.2, 0.25) is 0 Å². The van der Waals surface area contributed by atoms with Crippen LogP contribution in [0.25, 0.3) is 0 Å². The molecule has 0 atom stereocenters. The molecule has 32 heavy (non-hydrogen) atoms. The van der Waals surface area contributed by atoms with Gasteiger partial charge in [0.25, 0.3) is 10.0 Å². The normalized spacial score (nSPS) is 12.8. The van der Waals surface area contributed by atoms with E-state index in [4.69, 9.17) is 9.47 Å². The second kappa shape index (κ2) is 9.22. The van der Waals surface area contributed by atoms with E-state index < -0.39 is 22.5 Å². The Bertz CT molecular complexity index is 1250. The zero-order valence-corrected chi connectivity index (χ0v) is 19.6. The predicted octanol–water partition coefficient (Wildman–Crippen LogP) is 4.36. The first kappa shape index (κ1) is 22.2. The molecule has 0 aliphatic carbocycles. The van der Waals surface area contributed by atoms with E-state index in [1.165, 1.54) is 12.1 Å². The first-order chi connectivity index (χ1) is 15.3. The number of benzene rings is 3. The largest absolute Gasteiger partial charge is 0.486 e. The molecule has 1 aliphatic heterocycles. The zero-order chi connectivity index (χ0) is 22.7. The molecule has 1 N–H and O–H groups in total. The number of carbonyl (C=O) groups is 1. The summed E-state index contributed by atoms with van der Waals surface area (Å²) in [7, 11) is -3.98. The Labute approximate surface area is 195 Å². The molecule has 0 spiro atoms. The van der Waals surface area contributed by atoms with Crippen LogP contribution in [0.3, 0.4) is 0 Å². The number of anilines is 2. The third-order valence-corrected chi connectivity index (χ3v) is 7.10. The molecule has 166 valence electrons. The van der Waals surface area contributed by atoms with Crippen molar-refractivity contribution in [2.45, 2.75) is 11.8 Å². The van der Waals surface area contributed by atoms with E-state index in [1.54, 1.807) is 54.6 Å². The SMILES string of the molecule is Cc1ccc(S(=O)(=O)N(CC(=O)Nc2ccc3c(c2)OCCO3)c2cccc(Br)c2)cc1. The van der Waals surface area contributed by atoms with Crippen molar-refractivity contribution in [3.63, 3.8) is 0 Å². The minimum absolute atomic E-state index is 0.107. The van der Waals surface area contributed by atoms with Crippen molar-refractivity contribution in [2.24, 2.45) is 0 Å². The van der Waals surface area contributed by atoms with Crippen molar-refractivity contribution in [3.05, 3.63) is 76.8 Å². The molecule has 3 aromatic rings. The average molecular weight is 517 g/mol. The van der Waals surface area contributed by atoms with E-state index in [0.29, 0.717) is 40.6 Å². The first-order valence-corrected chi connectivity index (χ1v) is 12.1. The topological polar surface area (TPSA) is 84.9 Å². The van der Waals surface area contributed by atoms with Crippen LogP contribution in [0.1, 0.15) is 5.56 Å². The summed E-state index contributed by atoms with van der Waals surface area (Å²) in [6.07, 6.45) is 0. The fraction of sp³-hybridized carbons (Fsp3) is 0.174. The maximum Gasteiger partial charge on any atom is 0.264 e. The lowest BCUT2D eigenvalue weighted by Crippen LogP contribution is -2.38. The Kier molecular flexibility index (Phi) is 6.38. The van der Waals surface area contributed by atoms with Gasteiger partial charge in [-0.3, -0.25) is 9.10 Å². The molecule has 0 aromatic heterocycles. The number of fused-ring (bicyclic) bond motifs is 1. The molecule has 9 heteroatoms. The highest BCUT2D eigenvalue weighted by molar-refractivity contribution is 9.10. The van der Waals surface area contributed by atoms with Crippen LogP contribution in [0, 0.1) is 6.92 Å². The summed E-state index contributed by atoms with van der Waals surface area (Å²) in [5.41, 5.74) is 1.80. The number of carbonyl (C=O) groups excluding carboxylic acids is 1. The van der Waals surface area contributed by atoms with Crippen LogP contribution in [-0.2, 0) is 14.8 Å². The molecule has 1 heterocycles. The fourth-order valence-electron chi connectivity index (χ4n) is 3.24. The second-order valence-electron chi connectivity index (χ2n) is 7.21. The molecule has 1 aliphatic rings. The van der Waals surface area contributed by atoms with Gasteiger partial charge in [0.05, 0.1) is 10.6 Å². The van der Waals surface area contributed by atoms with Gasteiger partial charge in [0.2, 0.25) is 5.91 Å². The molecule has 0 bridgehead atoms. The van der Waals surface area contributed by atoms with Crippen molar-refractivity contribution >= 4 is 43.2 Å². The molecule has 7 nitrogen and oxygen atoms in total. The summed E-state index contributed by atoms with van der Waals surface area (Å²) in [5, 5.41) is 2.75. The van der Waals surface area contributed by atoms with E-state index in [-0.39, 0.29) is 4.90 Å². The lowest BCUT2D eigenvalue weighted by Gasteiger charge is -2.24. The quantitative estimate of drug-likeness (QED) is 0.525. The Morgan fingerprint density at radius 1 is 1.00 bits per heavy atom. The summed E-state index contributed by atoms with van der Waals surface area (Å²) >= 11 is 3.37. The summed E-state index contributed by atoms with van der Waals surface area (Å²) in [4.78, 5) is 13.0. The molecule has 0 fully saturated rings. The maximum atomic E-state index is 13.4. The summed E-state index contributed by atoms with van der Waals surface area (Å²) in [6.45, 7) is 2.37. The number of hydrogen-bond acceptors (Lipinski definition) is 5. The highest BCUT2D eigenvalue weighted by Crippen LogP contribution is 2.33. The number of nitrogens with zero attached hydrogens (tertiary/aromatic N) is 1. The van der Waals surface area contributed by atoms with Gasteiger partial charge in [-0.25, -0.2) is 8.42 Å². The lowest BCUT2D eigenvalue weighted by atomic mass is 10.2. The van der Waals surface area contributed by atoms with Crippen LogP contribution in [0.4, 0.5) is 11.4 Å². The van der Waals surface area contributed by atoms with Crippen molar-refractivity contribution in [1.82, 2.24) is 0 Å². The number of aryl methyl sites for hydroxylation is 1. The van der Waals surface area contributed by atoms with E-state index >= 15 is 0 Å². The molecule has 0 saturated heterocycles. The smallest absolute Gasteiger partial charge is 0.264 e. The predicted molar refractivity (Wildman–Crippen MR) is 126 cm³/mol. The summed E-state index contributed by atoms with van der Waals surface area (Å²) in [5.74, 6) is 0.648. The van der Waals surface area contributed by atoms with E-state index in [0.717, 1.165) is 9.87 Å². The molecular weight excluding hydrogens is 496 g/mol. The van der Waals surface area contributed by atoms with Crippen LogP contribution >= 0.6 is 15.9 Å². The van der Waals surface area contributed by atoms with E-state index in [9.17, 15) is 13.2 Å². The van der Waals surface area contributed by atoms with Gasteiger partial charge in [0, 0.05) is 16.2 Å². The Hall–Kier alpha value is -3.04. The standard InChI is InChI=1S/C23H21BrN2O5S/c1-16-5-8-20(9-6-16)32(28,29)26(19-4-2-3-17(24)13-19)15-23(27)25-18-7-10-21-22(14-18)31-12-11-30-21/h2-10,13-14H,11-12,15H2,1H3,(H,25,27). The molecule has 3 aromatic carbocycles. The number of amides is 1. The zero-order valence-electron chi connectivity index (χ0n) is 17.2. The molecule has 0 radical (unpaired) electrons. The number of rotatable bonds is 6. The second-order valence-corrected chi connectivity index (χ2v) is 9.99. The molecular formula is C23H21BrN2O5S. The molecule has 1 amide bonds. The maximum absolute atomic E-state index is 13.4. The van der Waals surface area contributed by atoms with Crippen LogP contribution < -0.4 is 19.1 Å². The van der Waals surface area contributed by atoms with Crippen molar-refractivity contribution in [1.29, 1.82) is 0 Å². The number of ether oxygens (including phenoxy) is 2. The van der Waals surface area contributed by atoms with Crippen molar-refractivity contribution in [2.75, 3.05) is 29.4 Å².